The van der Waals surface area contributed by atoms with Crippen LogP contribution in [0.15, 0.2) is 0 Å². The number of anilines is 2. The van der Waals surface area contributed by atoms with Gasteiger partial charge >= 0.3 is 0 Å². The predicted octanol–water partition coefficient (Wildman–Crippen LogP) is 1.27. The van der Waals surface area contributed by atoms with Crippen LogP contribution in [0.2, 0.25) is 0 Å². The molecule has 5 nitrogen and oxygen atoms in total. The maximum atomic E-state index is 5.36. The van der Waals surface area contributed by atoms with E-state index in [4.69, 9.17) is 6.42 Å². The van der Waals surface area contributed by atoms with Gasteiger partial charge in [-0.3, -0.25) is 0 Å². The number of piperidine rings is 1. The minimum atomic E-state index is 0.400. The van der Waals surface area contributed by atoms with Crippen LogP contribution < -0.4 is 10.2 Å². The molecule has 1 N–H and O–H groups in total. The molecule has 90 valence electrons. The van der Waals surface area contributed by atoms with Gasteiger partial charge in [0.1, 0.15) is 0 Å². The van der Waals surface area contributed by atoms with Crippen molar-refractivity contribution in [2.75, 3.05) is 29.9 Å². The Morgan fingerprint density at radius 3 is 2.65 bits per heavy atom. The molecule has 1 aliphatic heterocycles. The van der Waals surface area contributed by atoms with Crippen LogP contribution in [0, 0.1) is 12.3 Å². The number of terminal acetylenes is 1. The van der Waals surface area contributed by atoms with Crippen LogP contribution in [-0.2, 0) is 0 Å². The highest BCUT2D eigenvalue weighted by atomic mass is 15.3. The highest BCUT2D eigenvalue weighted by Crippen LogP contribution is 2.16. The molecule has 1 fully saturated rings. The third-order valence-corrected chi connectivity index (χ3v) is 2.73. The van der Waals surface area contributed by atoms with Crippen molar-refractivity contribution in [3.8, 4) is 12.3 Å². The zero-order valence-corrected chi connectivity index (χ0v) is 10.1. The number of hydrogen-bond donors (Lipinski definition) is 1. The summed E-state index contributed by atoms with van der Waals surface area (Å²) in [6.07, 6.45) is 9.02. The lowest BCUT2D eigenvalue weighted by atomic mass is 10.1. The van der Waals surface area contributed by atoms with Gasteiger partial charge in [0, 0.05) is 19.6 Å². The molecule has 1 aromatic rings. The van der Waals surface area contributed by atoms with Crippen molar-refractivity contribution in [2.45, 2.75) is 26.2 Å². The van der Waals surface area contributed by atoms with Gasteiger partial charge < -0.3 is 10.2 Å². The van der Waals surface area contributed by atoms with Gasteiger partial charge in [0.05, 0.1) is 0 Å². The molecular formula is C12H17N5. The summed E-state index contributed by atoms with van der Waals surface area (Å²) in [6, 6.07) is 0. The Morgan fingerprint density at radius 2 is 2.00 bits per heavy atom. The molecule has 0 radical (unpaired) electrons. The first-order chi connectivity index (χ1) is 8.33. The fourth-order valence-corrected chi connectivity index (χ4v) is 1.90. The lowest BCUT2D eigenvalue weighted by Gasteiger charge is -2.26. The SMILES string of the molecule is C#Cc1nc(NCC)nc(N2CCCCC2)n1. The van der Waals surface area contributed by atoms with Gasteiger partial charge in [-0.05, 0) is 32.1 Å². The van der Waals surface area contributed by atoms with Gasteiger partial charge in [0.15, 0.2) is 0 Å². The smallest absolute Gasteiger partial charge is 0.231 e. The quantitative estimate of drug-likeness (QED) is 0.794. The largest absolute Gasteiger partial charge is 0.354 e. The van der Waals surface area contributed by atoms with Gasteiger partial charge in [0.25, 0.3) is 0 Å². The molecule has 2 heterocycles. The number of aromatic nitrogens is 3. The maximum Gasteiger partial charge on any atom is 0.231 e. The fourth-order valence-electron chi connectivity index (χ4n) is 1.90. The highest BCUT2D eigenvalue weighted by Gasteiger charge is 2.15. The molecule has 2 rings (SSSR count). The Balaban J connectivity index is 2.25. The van der Waals surface area contributed by atoms with E-state index in [2.05, 4.69) is 31.1 Å². The van der Waals surface area contributed by atoms with Crippen LogP contribution in [0.5, 0.6) is 0 Å². The summed E-state index contributed by atoms with van der Waals surface area (Å²) in [5.41, 5.74) is 0. The van der Waals surface area contributed by atoms with E-state index in [-0.39, 0.29) is 0 Å². The summed E-state index contributed by atoms with van der Waals surface area (Å²) in [5, 5.41) is 3.08. The van der Waals surface area contributed by atoms with Crippen LogP contribution in [-0.4, -0.2) is 34.6 Å². The second-order valence-electron chi connectivity index (χ2n) is 4.00. The molecule has 0 bridgehead atoms. The molecule has 0 spiro atoms. The van der Waals surface area contributed by atoms with Gasteiger partial charge in [-0.2, -0.15) is 15.0 Å². The first-order valence-corrected chi connectivity index (χ1v) is 6.05. The van der Waals surface area contributed by atoms with E-state index in [1.165, 1.54) is 19.3 Å². The molecule has 0 atom stereocenters. The lowest BCUT2D eigenvalue weighted by molar-refractivity contribution is 0.567. The average Bonchev–Trinajstić information content (AvgIpc) is 2.40. The van der Waals surface area contributed by atoms with Crippen LogP contribution in [0.4, 0.5) is 11.9 Å². The minimum absolute atomic E-state index is 0.400. The molecule has 1 aromatic heterocycles. The summed E-state index contributed by atoms with van der Waals surface area (Å²) in [6.45, 7) is 4.77. The Kier molecular flexibility index (Phi) is 3.76. The molecule has 0 saturated carbocycles. The van der Waals surface area contributed by atoms with E-state index in [1.807, 2.05) is 6.92 Å². The van der Waals surface area contributed by atoms with E-state index in [0.717, 1.165) is 19.6 Å². The van der Waals surface area contributed by atoms with Crippen molar-refractivity contribution in [3.63, 3.8) is 0 Å². The molecule has 1 aliphatic rings. The van der Waals surface area contributed by atoms with Crippen molar-refractivity contribution in [1.82, 2.24) is 15.0 Å². The second-order valence-corrected chi connectivity index (χ2v) is 4.00. The van der Waals surface area contributed by atoms with Crippen LogP contribution in [0.1, 0.15) is 32.0 Å². The first kappa shape index (κ1) is 11.6. The van der Waals surface area contributed by atoms with E-state index in [0.29, 0.717) is 17.7 Å². The molecule has 0 aromatic carbocycles. The van der Waals surface area contributed by atoms with E-state index in [9.17, 15) is 0 Å². The molecule has 5 heteroatoms. The van der Waals surface area contributed by atoms with Crippen molar-refractivity contribution >= 4 is 11.9 Å². The van der Waals surface area contributed by atoms with Gasteiger partial charge in [-0.1, -0.05) is 0 Å². The first-order valence-electron chi connectivity index (χ1n) is 6.05. The second kappa shape index (κ2) is 5.48. The van der Waals surface area contributed by atoms with Gasteiger partial charge in [-0.15, -0.1) is 6.42 Å². The summed E-state index contributed by atoms with van der Waals surface area (Å²) in [5.74, 6) is 4.14. The zero-order valence-electron chi connectivity index (χ0n) is 10.1. The summed E-state index contributed by atoms with van der Waals surface area (Å²) in [4.78, 5) is 15.0. The molecule has 1 saturated heterocycles. The standard InChI is InChI=1S/C12H17N5/c1-3-10-14-11(13-4-2)16-12(15-10)17-8-6-5-7-9-17/h1H,4-9H2,2H3,(H,13,14,15,16). The zero-order chi connectivity index (χ0) is 12.1. The monoisotopic (exact) mass is 231 g/mol. The van der Waals surface area contributed by atoms with Gasteiger partial charge in [0.2, 0.25) is 17.7 Å². The third-order valence-electron chi connectivity index (χ3n) is 2.73. The van der Waals surface area contributed by atoms with Gasteiger partial charge in [-0.25, -0.2) is 0 Å². The molecule has 17 heavy (non-hydrogen) atoms. The summed E-state index contributed by atoms with van der Waals surface area (Å²) >= 11 is 0. The van der Waals surface area contributed by atoms with Crippen molar-refractivity contribution in [1.29, 1.82) is 0 Å². The van der Waals surface area contributed by atoms with E-state index >= 15 is 0 Å². The summed E-state index contributed by atoms with van der Waals surface area (Å²) < 4.78 is 0. The minimum Gasteiger partial charge on any atom is -0.354 e. The molecule has 0 unspecified atom stereocenters. The Bertz CT molecular complexity index is 417. The summed E-state index contributed by atoms with van der Waals surface area (Å²) in [7, 11) is 0. The number of nitrogens with zero attached hydrogens (tertiary/aromatic N) is 4. The van der Waals surface area contributed by atoms with E-state index in [1.54, 1.807) is 0 Å². The van der Waals surface area contributed by atoms with Crippen LogP contribution >= 0.6 is 0 Å². The van der Waals surface area contributed by atoms with Crippen LogP contribution in [0.3, 0.4) is 0 Å². The third kappa shape index (κ3) is 2.84. The molecule has 0 amide bonds. The molecular weight excluding hydrogens is 214 g/mol. The Hall–Kier alpha value is -1.83. The van der Waals surface area contributed by atoms with Crippen LogP contribution in [0.25, 0.3) is 0 Å². The Morgan fingerprint density at radius 1 is 1.24 bits per heavy atom. The van der Waals surface area contributed by atoms with Crippen molar-refractivity contribution in [3.05, 3.63) is 5.82 Å². The maximum absolute atomic E-state index is 5.36. The number of rotatable bonds is 3. The number of hydrogen-bond acceptors (Lipinski definition) is 5. The topological polar surface area (TPSA) is 53.9 Å². The van der Waals surface area contributed by atoms with Crippen molar-refractivity contribution in [2.24, 2.45) is 0 Å². The number of nitrogens with one attached hydrogen (secondary N) is 1. The lowest BCUT2D eigenvalue weighted by Crippen LogP contribution is -2.31. The Labute approximate surface area is 102 Å². The fraction of sp³-hybridized carbons (Fsp3) is 0.583. The normalized spacial score (nSPS) is 15.4. The average molecular weight is 231 g/mol. The predicted molar refractivity (Wildman–Crippen MR) is 68.0 cm³/mol. The highest BCUT2D eigenvalue weighted by molar-refractivity contribution is 5.40. The van der Waals surface area contributed by atoms with E-state index < -0.39 is 0 Å². The van der Waals surface area contributed by atoms with Crippen molar-refractivity contribution < 1.29 is 0 Å². The molecule has 0 aliphatic carbocycles.